The molecule has 8 heteroatoms. The third-order valence-corrected chi connectivity index (χ3v) is 8.19. The summed E-state index contributed by atoms with van der Waals surface area (Å²) in [4.78, 5) is 37.4. The van der Waals surface area contributed by atoms with Crippen LogP contribution in [0.3, 0.4) is 0 Å². The zero-order valence-electron chi connectivity index (χ0n) is 16.8. The zero-order valence-corrected chi connectivity index (χ0v) is 18.5. The van der Waals surface area contributed by atoms with Crippen molar-refractivity contribution in [3.8, 4) is 0 Å². The minimum absolute atomic E-state index is 0.0421. The number of carbonyl (C=O) groups is 3. The Kier molecular flexibility index (Phi) is 7.96. The summed E-state index contributed by atoms with van der Waals surface area (Å²) < 4.78 is 10.1. The van der Waals surface area contributed by atoms with E-state index >= 15 is 0 Å². The Labute approximate surface area is 162 Å². The molecule has 0 unspecified atom stereocenters. The number of rotatable bonds is 6. The van der Waals surface area contributed by atoms with Gasteiger partial charge in [-0.2, -0.15) is 0 Å². The van der Waals surface area contributed by atoms with Crippen LogP contribution in [-0.4, -0.2) is 68.6 Å². The van der Waals surface area contributed by atoms with Crippen molar-refractivity contribution >= 4 is 33.4 Å². The van der Waals surface area contributed by atoms with Crippen LogP contribution in [0.5, 0.6) is 0 Å². The van der Waals surface area contributed by atoms with Gasteiger partial charge >= 0.3 is 162 Å². The first-order valence-electron chi connectivity index (χ1n) is 8.83. The summed E-state index contributed by atoms with van der Waals surface area (Å²) in [6.45, 7) is 12.2. The predicted octanol–water partition coefficient (Wildman–Crippen LogP) is 2.17. The van der Waals surface area contributed by atoms with Crippen molar-refractivity contribution in [3.05, 3.63) is 0 Å². The normalized spacial score (nSPS) is 23.5. The fourth-order valence-corrected chi connectivity index (χ4v) is 6.55. The summed E-state index contributed by atoms with van der Waals surface area (Å²) in [5, 5.41) is 2.73. The Bertz CT molecular complexity index is 513. The number of methoxy groups -OCH3 is 1. The van der Waals surface area contributed by atoms with Crippen LogP contribution < -0.4 is 5.32 Å². The topological polar surface area (TPSA) is 84.9 Å². The maximum atomic E-state index is 12.3. The molecular weight excluding hydrogens is 403 g/mol. The van der Waals surface area contributed by atoms with E-state index in [1.807, 2.05) is 20.8 Å². The monoisotopic (exact) mass is 436 g/mol. The molecule has 1 fully saturated rings. The van der Waals surface area contributed by atoms with Gasteiger partial charge in [0, 0.05) is 0 Å². The number of hydrogen-bond donors (Lipinski definition) is 1. The first-order chi connectivity index (χ1) is 11.9. The second-order valence-electron chi connectivity index (χ2n) is 8.48. The average molecular weight is 435 g/mol. The van der Waals surface area contributed by atoms with E-state index in [1.165, 1.54) is 7.11 Å². The summed E-state index contributed by atoms with van der Waals surface area (Å²) in [7, 11) is 1.35. The van der Waals surface area contributed by atoms with E-state index in [1.54, 1.807) is 4.90 Å². The molecule has 0 aliphatic carbocycles. The SMILES string of the molecule is COC(=O)[C@@H]1[C@@H](CCCNC(=O)OC(C)(C)C)[Se][C@H](C(C)(C)C)N1C=O. The second kappa shape index (κ2) is 9.09. The molecule has 1 N–H and O–H groups in total. The number of esters is 1. The minimum atomic E-state index is -0.539. The van der Waals surface area contributed by atoms with Crippen LogP contribution in [0, 0.1) is 5.41 Å². The molecule has 0 aromatic carbocycles. The van der Waals surface area contributed by atoms with Crippen LogP contribution in [0.25, 0.3) is 0 Å². The van der Waals surface area contributed by atoms with E-state index in [9.17, 15) is 14.4 Å². The maximum absolute atomic E-state index is 12.3. The molecular formula is C18H32N2O5Se. The summed E-state index contributed by atoms with van der Waals surface area (Å²) in [5.74, 6) is -0.365. The van der Waals surface area contributed by atoms with Crippen molar-refractivity contribution in [1.82, 2.24) is 10.2 Å². The molecule has 0 aromatic heterocycles. The number of ether oxygens (including phenoxy) is 2. The molecule has 3 atom stereocenters. The molecule has 1 aliphatic heterocycles. The summed E-state index contributed by atoms with van der Waals surface area (Å²) in [6, 6.07) is -0.539. The molecule has 0 spiro atoms. The first-order valence-corrected chi connectivity index (χ1v) is 10.8. The van der Waals surface area contributed by atoms with Crippen LogP contribution in [0.4, 0.5) is 4.79 Å². The van der Waals surface area contributed by atoms with Crippen LogP contribution in [-0.2, 0) is 19.1 Å². The number of carbonyl (C=O) groups excluding carboxylic acids is 3. The molecule has 0 radical (unpaired) electrons. The average Bonchev–Trinajstić information content (AvgIpc) is 2.87. The van der Waals surface area contributed by atoms with Gasteiger partial charge in [0.05, 0.1) is 0 Å². The molecule has 150 valence electrons. The van der Waals surface area contributed by atoms with E-state index < -0.39 is 17.7 Å². The molecule has 0 saturated carbocycles. The predicted molar refractivity (Wildman–Crippen MR) is 99.9 cm³/mol. The van der Waals surface area contributed by atoms with Crippen LogP contribution in [0.15, 0.2) is 0 Å². The quantitative estimate of drug-likeness (QED) is 0.299. The van der Waals surface area contributed by atoms with Gasteiger partial charge in [0.15, 0.2) is 0 Å². The molecule has 1 saturated heterocycles. The molecule has 1 aliphatic rings. The van der Waals surface area contributed by atoms with Crippen molar-refractivity contribution in [3.63, 3.8) is 0 Å². The van der Waals surface area contributed by atoms with E-state index in [2.05, 4.69) is 26.1 Å². The molecule has 26 heavy (non-hydrogen) atoms. The van der Waals surface area contributed by atoms with Gasteiger partial charge in [-0.25, -0.2) is 0 Å². The van der Waals surface area contributed by atoms with Gasteiger partial charge < -0.3 is 0 Å². The van der Waals surface area contributed by atoms with Crippen LogP contribution >= 0.6 is 0 Å². The van der Waals surface area contributed by atoms with Gasteiger partial charge in [-0.1, -0.05) is 0 Å². The summed E-state index contributed by atoms with van der Waals surface area (Å²) in [6.07, 6.45) is 1.79. The fraction of sp³-hybridized carbons (Fsp3) is 0.833. The zero-order chi connectivity index (χ0) is 20.1. The van der Waals surface area contributed by atoms with Gasteiger partial charge in [-0.05, 0) is 0 Å². The second-order valence-corrected chi connectivity index (χ2v) is 11.3. The Balaban J connectivity index is 2.67. The molecule has 2 amide bonds. The van der Waals surface area contributed by atoms with Gasteiger partial charge in [-0.3, -0.25) is 0 Å². The van der Waals surface area contributed by atoms with Gasteiger partial charge in [0.1, 0.15) is 0 Å². The summed E-state index contributed by atoms with van der Waals surface area (Å²) >= 11 is 0.0872. The third kappa shape index (κ3) is 6.47. The number of nitrogens with zero attached hydrogens (tertiary/aromatic N) is 1. The molecule has 1 heterocycles. The Hall–Kier alpha value is -1.27. The van der Waals surface area contributed by atoms with Crippen molar-refractivity contribution in [2.24, 2.45) is 5.41 Å². The summed E-state index contributed by atoms with van der Waals surface area (Å²) in [5.41, 5.74) is -0.629. The van der Waals surface area contributed by atoms with Gasteiger partial charge in [0.2, 0.25) is 0 Å². The Morgan fingerprint density at radius 1 is 1.19 bits per heavy atom. The standard InChI is InChI=1S/C18H32N2O5Se/c1-17(2,3)15-20(11-21)13(14(22)24-7)12(26-15)9-8-10-19-16(23)25-18(4,5)6/h11-13,15H,8-10H2,1-7H3,(H,19,23)/t12-,13+,15-/m1/s1. The number of alkyl carbamates (subject to hydrolysis) is 1. The van der Waals surface area contributed by atoms with E-state index in [0.717, 1.165) is 12.8 Å². The van der Waals surface area contributed by atoms with E-state index in [4.69, 9.17) is 9.47 Å². The first kappa shape index (κ1) is 22.8. The molecule has 7 nitrogen and oxygen atoms in total. The Morgan fingerprint density at radius 2 is 1.81 bits per heavy atom. The van der Waals surface area contributed by atoms with E-state index in [-0.39, 0.29) is 36.1 Å². The fourth-order valence-electron chi connectivity index (χ4n) is 2.85. The third-order valence-electron chi connectivity index (χ3n) is 3.89. The van der Waals surface area contributed by atoms with Gasteiger partial charge in [-0.15, -0.1) is 0 Å². The molecule has 0 bridgehead atoms. The number of nitrogens with one attached hydrogen (secondary N) is 1. The van der Waals surface area contributed by atoms with Crippen molar-refractivity contribution in [1.29, 1.82) is 0 Å². The van der Waals surface area contributed by atoms with E-state index in [0.29, 0.717) is 13.0 Å². The molecule has 1 rings (SSSR count). The van der Waals surface area contributed by atoms with Crippen molar-refractivity contribution in [2.75, 3.05) is 13.7 Å². The van der Waals surface area contributed by atoms with Crippen molar-refractivity contribution in [2.45, 2.75) is 75.8 Å². The van der Waals surface area contributed by atoms with Crippen LogP contribution in [0.2, 0.25) is 4.82 Å². The molecule has 0 aromatic rings. The van der Waals surface area contributed by atoms with Crippen molar-refractivity contribution < 1.29 is 23.9 Å². The Morgan fingerprint density at radius 3 is 2.27 bits per heavy atom. The van der Waals surface area contributed by atoms with Gasteiger partial charge in [0.25, 0.3) is 0 Å². The van der Waals surface area contributed by atoms with Crippen LogP contribution in [0.1, 0.15) is 54.4 Å². The number of amides is 2. The number of hydrogen-bond acceptors (Lipinski definition) is 5.